The first-order valence-electron chi connectivity index (χ1n) is 5.40. The largest absolute Gasteiger partial charge is 0.484 e. The zero-order valence-electron chi connectivity index (χ0n) is 10.1. The standard InChI is InChI=1S/C13H12BrNO2S/c1-8-3-12(9(2)18-8)13(16)7-17-11-4-10(14)5-15-6-11/h3-6H,7H2,1-2H3. The highest BCUT2D eigenvalue weighted by atomic mass is 79.9. The minimum Gasteiger partial charge on any atom is -0.484 e. The van der Waals surface area contributed by atoms with Crippen molar-refractivity contribution in [2.24, 2.45) is 0 Å². The molecular weight excluding hydrogens is 314 g/mol. The van der Waals surface area contributed by atoms with E-state index in [1.165, 1.54) is 0 Å². The van der Waals surface area contributed by atoms with Crippen molar-refractivity contribution in [3.8, 4) is 5.75 Å². The summed E-state index contributed by atoms with van der Waals surface area (Å²) >= 11 is 4.93. The van der Waals surface area contributed by atoms with Gasteiger partial charge in [-0.3, -0.25) is 9.78 Å². The van der Waals surface area contributed by atoms with Crippen molar-refractivity contribution in [3.63, 3.8) is 0 Å². The summed E-state index contributed by atoms with van der Waals surface area (Å²) in [5.74, 6) is 0.583. The minimum absolute atomic E-state index is 0.00294. The van der Waals surface area contributed by atoms with E-state index >= 15 is 0 Å². The number of pyridine rings is 1. The second kappa shape index (κ2) is 5.63. The molecule has 0 bridgehead atoms. The van der Waals surface area contributed by atoms with Crippen LogP contribution in [0, 0.1) is 13.8 Å². The summed E-state index contributed by atoms with van der Waals surface area (Å²) in [6.07, 6.45) is 3.25. The number of Topliss-reactive ketones (excluding diaryl/α,β-unsaturated/α-hetero) is 1. The Kier molecular flexibility index (Phi) is 4.14. The van der Waals surface area contributed by atoms with Crippen LogP contribution in [0.15, 0.2) is 29.0 Å². The highest BCUT2D eigenvalue weighted by Crippen LogP contribution is 2.21. The van der Waals surface area contributed by atoms with Crippen LogP contribution in [0.5, 0.6) is 5.75 Å². The Bertz CT molecular complexity index is 580. The monoisotopic (exact) mass is 325 g/mol. The highest BCUT2D eigenvalue weighted by Gasteiger charge is 2.12. The minimum atomic E-state index is -0.00294. The van der Waals surface area contributed by atoms with Gasteiger partial charge in [0.05, 0.1) is 6.20 Å². The Hall–Kier alpha value is -1.20. The molecule has 5 heteroatoms. The Morgan fingerprint density at radius 3 is 2.78 bits per heavy atom. The van der Waals surface area contributed by atoms with Gasteiger partial charge < -0.3 is 4.74 Å². The lowest BCUT2D eigenvalue weighted by molar-refractivity contribution is 0.0921. The molecule has 0 radical (unpaired) electrons. The second-order valence-corrected chi connectivity index (χ2v) is 6.25. The fraction of sp³-hybridized carbons (Fsp3) is 0.231. The van der Waals surface area contributed by atoms with Crippen LogP contribution in [0.4, 0.5) is 0 Å². The van der Waals surface area contributed by atoms with Gasteiger partial charge in [0, 0.05) is 26.0 Å². The number of rotatable bonds is 4. The third-order valence-electron chi connectivity index (χ3n) is 2.39. The summed E-state index contributed by atoms with van der Waals surface area (Å²) in [6, 6.07) is 3.69. The van der Waals surface area contributed by atoms with E-state index in [2.05, 4.69) is 20.9 Å². The van der Waals surface area contributed by atoms with Crippen LogP contribution >= 0.6 is 27.3 Å². The summed E-state index contributed by atoms with van der Waals surface area (Å²) in [5.41, 5.74) is 0.750. The molecule has 94 valence electrons. The molecule has 0 amide bonds. The van der Waals surface area contributed by atoms with Crippen molar-refractivity contribution < 1.29 is 9.53 Å². The molecule has 2 aromatic heterocycles. The lowest BCUT2D eigenvalue weighted by Gasteiger charge is -2.05. The molecule has 0 aliphatic heterocycles. The number of hydrogen-bond acceptors (Lipinski definition) is 4. The Labute approximate surface area is 118 Å². The molecule has 2 aromatic rings. The molecule has 0 aliphatic rings. The molecule has 0 aliphatic carbocycles. The first kappa shape index (κ1) is 13.2. The fourth-order valence-electron chi connectivity index (χ4n) is 1.61. The summed E-state index contributed by atoms with van der Waals surface area (Å²) in [7, 11) is 0. The quantitative estimate of drug-likeness (QED) is 0.803. The first-order valence-corrected chi connectivity index (χ1v) is 7.01. The Balaban J connectivity index is 2.03. The molecule has 18 heavy (non-hydrogen) atoms. The summed E-state index contributed by atoms with van der Waals surface area (Å²) in [4.78, 5) is 18.1. The van der Waals surface area contributed by atoms with Gasteiger partial charge in [0.1, 0.15) is 5.75 Å². The van der Waals surface area contributed by atoms with E-state index < -0.39 is 0 Å². The number of carbonyl (C=O) groups is 1. The maximum atomic E-state index is 12.0. The molecule has 0 fully saturated rings. The van der Waals surface area contributed by atoms with Gasteiger partial charge in [-0.25, -0.2) is 0 Å². The number of aromatic nitrogens is 1. The number of ketones is 1. The summed E-state index contributed by atoms with van der Waals surface area (Å²) < 4.78 is 6.26. The van der Waals surface area contributed by atoms with Gasteiger partial charge in [-0.1, -0.05) is 0 Å². The van der Waals surface area contributed by atoms with Crippen molar-refractivity contribution in [2.75, 3.05) is 6.61 Å². The van der Waals surface area contributed by atoms with Gasteiger partial charge in [0.25, 0.3) is 0 Å². The summed E-state index contributed by atoms with van der Waals surface area (Å²) in [5, 5.41) is 0. The van der Waals surface area contributed by atoms with Crippen LogP contribution in [0.1, 0.15) is 20.1 Å². The molecular formula is C13H12BrNO2S. The third-order valence-corrected chi connectivity index (χ3v) is 3.79. The second-order valence-electron chi connectivity index (χ2n) is 3.88. The summed E-state index contributed by atoms with van der Waals surface area (Å²) in [6.45, 7) is 3.98. The number of thiophene rings is 1. The van der Waals surface area contributed by atoms with Crippen LogP contribution in [0.2, 0.25) is 0 Å². The molecule has 2 heterocycles. The number of halogens is 1. The Morgan fingerprint density at radius 1 is 1.39 bits per heavy atom. The van der Waals surface area contributed by atoms with Crippen molar-refractivity contribution in [1.82, 2.24) is 4.98 Å². The Morgan fingerprint density at radius 2 is 2.17 bits per heavy atom. The predicted octanol–water partition coefficient (Wildman–Crippen LogP) is 3.78. The molecule has 2 rings (SSSR count). The molecule has 0 unspecified atom stereocenters. The number of ether oxygens (including phenoxy) is 1. The molecule has 0 saturated heterocycles. The normalized spacial score (nSPS) is 10.4. The molecule has 0 spiro atoms. The maximum Gasteiger partial charge on any atom is 0.201 e. The first-order chi connectivity index (χ1) is 8.56. The molecule has 0 aromatic carbocycles. The van der Waals surface area contributed by atoms with E-state index in [1.807, 2.05) is 19.9 Å². The highest BCUT2D eigenvalue weighted by molar-refractivity contribution is 9.10. The van der Waals surface area contributed by atoms with E-state index in [0.717, 1.165) is 19.8 Å². The van der Waals surface area contributed by atoms with E-state index in [-0.39, 0.29) is 12.4 Å². The molecule has 0 saturated carbocycles. The van der Waals surface area contributed by atoms with E-state index in [0.29, 0.717) is 5.75 Å². The van der Waals surface area contributed by atoms with Crippen LogP contribution < -0.4 is 4.74 Å². The lowest BCUT2D eigenvalue weighted by atomic mass is 10.2. The van der Waals surface area contributed by atoms with E-state index in [9.17, 15) is 4.79 Å². The van der Waals surface area contributed by atoms with E-state index in [4.69, 9.17) is 4.74 Å². The predicted molar refractivity (Wildman–Crippen MR) is 75.6 cm³/mol. The van der Waals surface area contributed by atoms with Crippen molar-refractivity contribution >= 4 is 33.0 Å². The zero-order valence-corrected chi connectivity index (χ0v) is 12.5. The average molecular weight is 326 g/mol. The van der Waals surface area contributed by atoms with Gasteiger partial charge in [0.15, 0.2) is 6.61 Å². The van der Waals surface area contributed by atoms with Crippen molar-refractivity contribution in [3.05, 3.63) is 44.3 Å². The average Bonchev–Trinajstić information content (AvgIpc) is 2.66. The van der Waals surface area contributed by atoms with Crippen LogP contribution in [-0.4, -0.2) is 17.4 Å². The van der Waals surface area contributed by atoms with Gasteiger partial charge in [-0.2, -0.15) is 0 Å². The van der Waals surface area contributed by atoms with Gasteiger partial charge in [-0.05, 0) is 41.9 Å². The number of nitrogens with zero attached hydrogens (tertiary/aromatic N) is 1. The SMILES string of the molecule is Cc1cc(C(=O)COc2cncc(Br)c2)c(C)s1. The van der Waals surface area contributed by atoms with Crippen LogP contribution in [-0.2, 0) is 0 Å². The third kappa shape index (κ3) is 3.17. The van der Waals surface area contributed by atoms with Crippen LogP contribution in [0.25, 0.3) is 0 Å². The number of hydrogen-bond donors (Lipinski definition) is 0. The molecule has 0 atom stereocenters. The molecule has 0 N–H and O–H groups in total. The smallest absolute Gasteiger partial charge is 0.201 e. The van der Waals surface area contributed by atoms with Crippen molar-refractivity contribution in [1.29, 1.82) is 0 Å². The number of aryl methyl sites for hydroxylation is 2. The maximum absolute atomic E-state index is 12.0. The van der Waals surface area contributed by atoms with E-state index in [1.54, 1.807) is 29.8 Å². The van der Waals surface area contributed by atoms with Crippen LogP contribution in [0.3, 0.4) is 0 Å². The number of carbonyl (C=O) groups excluding carboxylic acids is 1. The van der Waals surface area contributed by atoms with Gasteiger partial charge >= 0.3 is 0 Å². The lowest BCUT2D eigenvalue weighted by Crippen LogP contribution is -2.11. The fourth-order valence-corrected chi connectivity index (χ4v) is 2.89. The van der Waals surface area contributed by atoms with Crippen molar-refractivity contribution in [2.45, 2.75) is 13.8 Å². The molecule has 3 nitrogen and oxygen atoms in total. The van der Waals surface area contributed by atoms with Gasteiger partial charge in [0.2, 0.25) is 5.78 Å². The zero-order chi connectivity index (χ0) is 13.1. The van der Waals surface area contributed by atoms with Gasteiger partial charge in [-0.15, -0.1) is 11.3 Å². The topological polar surface area (TPSA) is 39.2 Å².